The Balaban J connectivity index is 2.38. The quantitative estimate of drug-likeness (QED) is 0.893. The minimum atomic E-state index is 0.436. The minimum absolute atomic E-state index is 0.436. The Kier molecular flexibility index (Phi) is 3.24. The lowest BCUT2D eigenvalue weighted by Crippen LogP contribution is -2.03. The predicted molar refractivity (Wildman–Crippen MR) is 66.7 cm³/mol. The molecule has 15 heavy (non-hydrogen) atoms. The van der Waals surface area contributed by atoms with E-state index in [1.54, 1.807) is 11.3 Å². The van der Waals surface area contributed by atoms with Gasteiger partial charge in [-0.2, -0.15) is 0 Å². The highest BCUT2D eigenvalue weighted by molar-refractivity contribution is 7.18. The average molecular weight is 241 g/mol. The van der Waals surface area contributed by atoms with E-state index in [0.717, 1.165) is 26.7 Å². The van der Waals surface area contributed by atoms with Crippen molar-refractivity contribution in [2.24, 2.45) is 5.73 Å². The summed E-state index contributed by atoms with van der Waals surface area (Å²) in [5, 5.41) is 1.92. The number of nitrogens with zero attached hydrogens (tertiary/aromatic N) is 1. The molecule has 2 rings (SSSR count). The molecule has 80 valence electrons. The van der Waals surface area contributed by atoms with Crippen molar-refractivity contribution in [1.82, 2.24) is 4.98 Å². The van der Waals surface area contributed by atoms with Gasteiger partial charge in [-0.15, -0.1) is 11.3 Å². The lowest BCUT2D eigenvalue weighted by atomic mass is 10.1. The average Bonchev–Trinajstić information content (AvgIpc) is 2.60. The highest BCUT2D eigenvalue weighted by atomic mass is 35.5. The van der Waals surface area contributed by atoms with Gasteiger partial charge < -0.3 is 5.73 Å². The van der Waals surface area contributed by atoms with Crippen molar-refractivity contribution in [3.05, 3.63) is 28.2 Å². The topological polar surface area (TPSA) is 38.9 Å². The third kappa shape index (κ3) is 2.30. The molecule has 4 heteroatoms. The molecular weight excluding hydrogens is 228 g/mol. The van der Waals surface area contributed by atoms with E-state index < -0.39 is 0 Å². The van der Waals surface area contributed by atoms with Crippen molar-refractivity contribution in [3.8, 4) is 0 Å². The smallest absolute Gasteiger partial charge is 0.0967 e. The Morgan fingerprint density at radius 1 is 1.53 bits per heavy atom. The molecule has 1 aromatic carbocycles. The molecule has 0 spiro atoms. The number of rotatable bonds is 3. The summed E-state index contributed by atoms with van der Waals surface area (Å²) in [4.78, 5) is 4.58. The fourth-order valence-corrected chi connectivity index (χ4v) is 2.83. The number of aromatic nitrogens is 1. The van der Waals surface area contributed by atoms with E-state index in [4.69, 9.17) is 17.3 Å². The molecule has 0 aliphatic carbocycles. The number of fused-ring (bicyclic) bond motifs is 1. The maximum atomic E-state index is 5.93. The molecule has 0 amide bonds. The molecule has 2 nitrogen and oxygen atoms in total. The predicted octanol–water partition coefficient (Wildman–Crippen LogP) is 3.40. The Labute approximate surface area is 98.1 Å². The molecule has 0 saturated heterocycles. The van der Waals surface area contributed by atoms with Crippen LogP contribution in [0.15, 0.2) is 18.2 Å². The number of hydrogen-bond acceptors (Lipinski definition) is 3. The van der Waals surface area contributed by atoms with Gasteiger partial charge in [0, 0.05) is 10.9 Å². The fraction of sp³-hybridized carbons (Fsp3) is 0.364. The zero-order chi connectivity index (χ0) is 10.8. The third-order valence-electron chi connectivity index (χ3n) is 2.39. The van der Waals surface area contributed by atoms with Crippen molar-refractivity contribution < 1.29 is 0 Å². The van der Waals surface area contributed by atoms with Crippen LogP contribution in [0.25, 0.3) is 10.2 Å². The van der Waals surface area contributed by atoms with E-state index in [9.17, 15) is 0 Å². The van der Waals surface area contributed by atoms with Gasteiger partial charge in [-0.25, -0.2) is 4.98 Å². The minimum Gasteiger partial charge on any atom is -0.330 e. The summed E-state index contributed by atoms with van der Waals surface area (Å²) in [5.41, 5.74) is 6.57. The lowest BCUT2D eigenvalue weighted by molar-refractivity contribution is 0.687. The van der Waals surface area contributed by atoms with Crippen molar-refractivity contribution in [3.63, 3.8) is 0 Å². The zero-order valence-electron chi connectivity index (χ0n) is 8.53. The van der Waals surface area contributed by atoms with Crippen LogP contribution in [0.4, 0.5) is 0 Å². The summed E-state index contributed by atoms with van der Waals surface area (Å²) < 4.78 is 1.15. The van der Waals surface area contributed by atoms with Gasteiger partial charge in [0.2, 0.25) is 0 Å². The van der Waals surface area contributed by atoms with Gasteiger partial charge in [0.05, 0.1) is 15.2 Å². The number of thiazole rings is 1. The summed E-state index contributed by atoms with van der Waals surface area (Å²) in [6.45, 7) is 2.87. The second-order valence-electron chi connectivity index (χ2n) is 3.64. The number of nitrogens with two attached hydrogens (primary N) is 1. The summed E-state index contributed by atoms with van der Waals surface area (Å²) in [6, 6.07) is 5.81. The van der Waals surface area contributed by atoms with Crippen LogP contribution in [0, 0.1) is 0 Å². The van der Waals surface area contributed by atoms with Crippen LogP contribution < -0.4 is 5.73 Å². The maximum absolute atomic E-state index is 5.93. The molecule has 0 aliphatic rings. The standard InChI is InChI=1S/C11H13ClN2S/c1-7(4-5-13)11-14-9-3-2-8(12)6-10(9)15-11/h2-3,6-7H,4-5,13H2,1H3. The van der Waals surface area contributed by atoms with Crippen molar-refractivity contribution in [2.75, 3.05) is 6.54 Å². The van der Waals surface area contributed by atoms with Crippen LogP contribution in [0.1, 0.15) is 24.3 Å². The first-order valence-corrected chi connectivity index (χ1v) is 6.16. The van der Waals surface area contributed by atoms with E-state index in [0.29, 0.717) is 12.5 Å². The largest absolute Gasteiger partial charge is 0.330 e. The molecule has 1 unspecified atom stereocenters. The Hall–Kier alpha value is -0.640. The number of hydrogen-bond donors (Lipinski definition) is 1. The van der Waals surface area contributed by atoms with Gasteiger partial charge in [-0.05, 0) is 31.2 Å². The number of halogens is 1. The molecule has 0 radical (unpaired) electrons. The van der Waals surface area contributed by atoms with Crippen LogP contribution in [0.5, 0.6) is 0 Å². The third-order valence-corrected chi connectivity index (χ3v) is 3.87. The molecule has 2 aromatic rings. The van der Waals surface area contributed by atoms with Crippen LogP contribution in [0.2, 0.25) is 5.02 Å². The first-order chi connectivity index (χ1) is 7.20. The highest BCUT2D eigenvalue weighted by Gasteiger charge is 2.10. The summed E-state index contributed by atoms with van der Waals surface area (Å²) in [7, 11) is 0. The van der Waals surface area contributed by atoms with E-state index in [1.165, 1.54) is 0 Å². The SMILES string of the molecule is CC(CCN)c1nc2ccc(Cl)cc2s1. The maximum Gasteiger partial charge on any atom is 0.0967 e. The Morgan fingerprint density at radius 3 is 3.07 bits per heavy atom. The monoisotopic (exact) mass is 240 g/mol. The summed E-state index contributed by atoms with van der Waals surface area (Å²) >= 11 is 7.64. The Morgan fingerprint density at radius 2 is 2.33 bits per heavy atom. The second kappa shape index (κ2) is 4.47. The van der Waals surface area contributed by atoms with Crippen LogP contribution in [-0.4, -0.2) is 11.5 Å². The van der Waals surface area contributed by atoms with Crippen molar-refractivity contribution >= 4 is 33.2 Å². The van der Waals surface area contributed by atoms with Gasteiger partial charge in [-0.1, -0.05) is 18.5 Å². The van der Waals surface area contributed by atoms with Crippen LogP contribution in [-0.2, 0) is 0 Å². The van der Waals surface area contributed by atoms with E-state index in [2.05, 4.69) is 11.9 Å². The van der Waals surface area contributed by atoms with Gasteiger partial charge in [0.15, 0.2) is 0 Å². The summed E-state index contributed by atoms with van der Waals surface area (Å²) in [5.74, 6) is 0.436. The molecule has 1 atom stereocenters. The molecule has 0 aliphatic heterocycles. The highest BCUT2D eigenvalue weighted by Crippen LogP contribution is 2.30. The van der Waals surface area contributed by atoms with Crippen molar-refractivity contribution in [1.29, 1.82) is 0 Å². The van der Waals surface area contributed by atoms with E-state index in [1.807, 2.05) is 18.2 Å². The normalized spacial score (nSPS) is 13.3. The lowest BCUT2D eigenvalue weighted by Gasteiger charge is -2.03. The Bertz CT molecular complexity index is 467. The van der Waals surface area contributed by atoms with Gasteiger partial charge in [0.1, 0.15) is 0 Å². The van der Waals surface area contributed by atoms with Gasteiger partial charge in [-0.3, -0.25) is 0 Å². The molecular formula is C11H13ClN2S. The van der Waals surface area contributed by atoms with Crippen LogP contribution in [0.3, 0.4) is 0 Å². The molecule has 1 aromatic heterocycles. The summed E-state index contributed by atoms with van der Waals surface area (Å²) in [6.07, 6.45) is 0.980. The van der Waals surface area contributed by atoms with Crippen molar-refractivity contribution in [2.45, 2.75) is 19.3 Å². The zero-order valence-corrected chi connectivity index (χ0v) is 10.1. The fourth-order valence-electron chi connectivity index (χ4n) is 1.50. The van der Waals surface area contributed by atoms with Crippen LogP contribution >= 0.6 is 22.9 Å². The molecule has 0 saturated carbocycles. The van der Waals surface area contributed by atoms with Gasteiger partial charge >= 0.3 is 0 Å². The number of benzene rings is 1. The molecule has 1 heterocycles. The first kappa shape index (κ1) is 10.9. The molecule has 0 fully saturated rings. The first-order valence-electron chi connectivity index (χ1n) is 4.96. The van der Waals surface area contributed by atoms with E-state index in [-0.39, 0.29) is 0 Å². The van der Waals surface area contributed by atoms with E-state index >= 15 is 0 Å². The molecule has 0 bridgehead atoms. The second-order valence-corrected chi connectivity index (χ2v) is 5.14. The van der Waals surface area contributed by atoms with Gasteiger partial charge in [0.25, 0.3) is 0 Å². The molecule has 2 N–H and O–H groups in total.